The van der Waals surface area contributed by atoms with E-state index in [1.54, 1.807) is 0 Å². The van der Waals surface area contributed by atoms with Gasteiger partial charge in [0.1, 0.15) is 5.78 Å². The predicted molar refractivity (Wildman–Crippen MR) is 73.0 cm³/mol. The lowest BCUT2D eigenvalue weighted by atomic mass is 9.68. The normalized spacial score (nSPS) is 22.4. The summed E-state index contributed by atoms with van der Waals surface area (Å²) in [5.74, 6) is 1.13. The molecule has 1 aliphatic rings. The number of unbranched alkanes of at least 4 members (excludes halogenated alkanes) is 2. The summed E-state index contributed by atoms with van der Waals surface area (Å²) in [4.78, 5) is 11.5. The highest BCUT2D eigenvalue weighted by Crippen LogP contribution is 2.40. The van der Waals surface area contributed by atoms with Crippen molar-refractivity contribution in [3.63, 3.8) is 0 Å². The van der Waals surface area contributed by atoms with E-state index in [0.29, 0.717) is 17.1 Å². The largest absolute Gasteiger partial charge is 0.300 e. The molecule has 0 radical (unpaired) electrons. The molecule has 0 amide bonds. The second-order valence-electron chi connectivity index (χ2n) is 5.82. The van der Waals surface area contributed by atoms with Gasteiger partial charge in [-0.25, -0.2) is 0 Å². The first-order chi connectivity index (χ1) is 7.56. The number of rotatable bonds is 6. The fourth-order valence-corrected chi connectivity index (χ4v) is 3.14. The first-order valence-electron chi connectivity index (χ1n) is 6.64. The summed E-state index contributed by atoms with van der Waals surface area (Å²) >= 11 is 3.47. The van der Waals surface area contributed by atoms with Gasteiger partial charge in [-0.1, -0.05) is 42.6 Å². The molecule has 1 atom stereocenters. The van der Waals surface area contributed by atoms with Crippen molar-refractivity contribution in [3.8, 4) is 0 Å². The highest BCUT2D eigenvalue weighted by atomic mass is 79.9. The van der Waals surface area contributed by atoms with Crippen LogP contribution in [0.15, 0.2) is 0 Å². The van der Waals surface area contributed by atoms with Gasteiger partial charge in [-0.15, -0.1) is 0 Å². The third-order valence-electron chi connectivity index (χ3n) is 4.04. The van der Waals surface area contributed by atoms with Crippen molar-refractivity contribution in [1.82, 2.24) is 0 Å². The minimum Gasteiger partial charge on any atom is -0.300 e. The summed E-state index contributed by atoms with van der Waals surface area (Å²) in [5, 5.41) is 1.12. The maximum atomic E-state index is 11.5. The maximum absolute atomic E-state index is 11.5. The Labute approximate surface area is 109 Å². The summed E-state index contributed by atoms with van der Waals surface area (Å²) in [6.45, 7) is 4.70. The molecule has 0 bridgehead atoms. The molecule has 1 saturated carbocycles. The molecule has 1 fully saturated rings. The van der Waals surface area contributed by atoms with E-state index in [-0.39, 0.29) is 0 Å². The number of ketones is 1. The summed E-state index contributed by atoms with van der Waals surface area (Å²) in [5.41, 5.74) is 0.363. The summed E-state index contributed by atoms with van der Waals surface area (Å²) in [7, 11) is 0. The van der Waals surface area contributed by atoms with Gasteiger partial charge >= 0.3 is 0 Å². The first kappa shape index (κ1) is 14.2. The van der Waals surface area contributed by atoms with Crippen LogP contribution in [-0.2, 0) is 4.79 Å². The molecular weight excluding hydrogens is 264 g/mol. The SMILES string of the molecule is CC(C)(CCCCCBr)C1CCCC(=O)C1. The number of carbonyl (C=O) groups is 1. The van der Waals surface area contributed by atoms with Gasteiger partial charge in [0.2, 0.25) is 0 Å². The van der Waals surface area contributed by atoms with Crippen molar-refractivity contribution in [2.24, 2.45) is 11.3 Å². The fraction of sp³-hybridized carbons (Fsp3) is 0.929. The number of hydrogen-bond donors (Lipinski definition) is 0. The van der Waals surface area contributed by atoms with Gasteiger partial charge < -0.3 is 0 Å². The Balaban J connectivity index is 2.33. The number of carbonyl (C=O) groups excluding carboxylic acids is 1. The van der Waals surface area contributed by atoms with Crippen molar-refractivity contribution in [3.05, 3.63) is 0 Å². The fourth-order valence-electron chi connectivity index (χ4n) is 2.75. The van der Waals surface area contributed by atoms with E-state index >= 15 is 0 Å². The quantitative estimate of drug-likeness (QED) is 0.510. The van der Waals surface area contributed by atoms with Crippen LogP contribution < -0.4 is 0 Å². The van der Waals surface area contributed by atoms with Crippen LogP contribution in [0.1, 0.15) is 65.2 Å². The smallest absolute Gasteiger partial charge is 0.133 e. The first-order valence-corrected chi connectivity index (χ1v) is 7.76. The minimum atomic E-state index is 0.363. The number of Topliss-reactive ketones (excluding diaryl/α,β-unsaturated/α-hetero) is 1. The van der Waals surface area contributed by atoms with Crippen LogP contribution in [0.3, 0.4) is 0 Å². The van der Waals surface area contributed by atoms with E-state index in [9.17, 15) is 4.79 Å². The summed E-state index contributed by atoms with van der Waals surface area (Å²) < 4.78 is 0. The zero-order valence-electron chi connectivity index (χ0n) is 10.7. The van der Waals surface area contributed by atoms with Gasteiger partial charge in [-0.3, -0.25) is 4.79 Å². The molecule has 0 heterocycles. The Kier molecular flexibility index (Phi) is 6.02. The molecule has 1 unspecified atom stereocenters. The van der Waals surface area contributed by atoms with Crippen LogP contribution in [0.25, 0.3) is 0 Å². The van der Waals surface area contributed by atoms with Crippen LogP contribution >= 0.6 is 15.9 Å². The Morgan fingerprint density at radius 1 is 1.31 bits per heavy atom. The molecule has 0 aromatic rings. The zero-order chi connectivity index (χ0) is 12.0. The molecule has 0 aromatic carbocycles. The van der Waals surface area contributed by atoms with Gasteiger partial charge in [0, 0.05) is 18.2 Å². The Hall–Kier alpha value is 0.150. The predicted octanol–water partition coefficient (Wildman–Crippen LogP) is 4.73. The van der Waals surface area contributed by atoms with E-state index in [0.717, 1.165) is 24.6 Å². The van der Waals surface area contributed by atoms with Gasteiger partial charge in [0.25, 0.3) is 0 Å². The van der Waals surface area contributed by atoms with Crippen molar-refractivity contribution in [2.45, 2.75) is 65.2 Å². The Morgan fingerprint density at radius 3 is 2.69 bits per heavy atom. The van der Waals surface area contributed by atoms with Crippen molar-refractivity contribution in [2.75, 3.05) is 5.33 Å². The van der Waals surface area contributed by atoms with E-state index in [2.05, 4.69) is 29.8 Å². The van der Waals surface area contributed by atoms with Crippen LogP contribution in [-0.4, -0.2) is 11.1 Å². The third kappa shape index (κ3) is 4.57. The van der Waals surface area contributed by atoms with Crippen LogP contribution in [0.4, 0.5) is 0 Å². The second kappa shape index (κ2) is 6.78. The minimum absolute atomic E-state index is 0.363. The van der Waals surface area contributed by atoms with E-state index in [1.807, 2.05) is 0 Å². The van der Waals surface area contributed by atoms with E-state index < -0.39 is 0 Å². The monoisotopic (exact) mass is 288 g/mol. The Bertz CT molecular complexity index is 223. The average Bonchev–Trinajstić information content (AvgIpc) is 2.24. The van der Waals surface area contributed by atoms with Gasteiger partial charge in [0.05, 0.1) is 0 Å². The highest BCUT2D eigenvalue weighted by molar-refractivity contribution is 9.09. The highest BCUT2D eigenvalue weighted by Gasteiger charge is 2.32. The van der Waals surface area contributed by atoms with E-state index in [1.165, 1.54) is 32.1 Å². The molecule has 1 nitrogen and oxygen atoms in total. The maximum Gasteiger partial charge on any atom is 0.133 e. The van der Waals surface area contributed by atoms with Gasteiger partial charge in [0.15, 0.2) is 0 Å². The van der Waals surface area contributed by atoms with Gasteiger partial charge in [-0.2, -0.15) is 0 Å². The number of hydrogen-bond acceptors (Lipinski definition) is 1. The lowest BCUT2D eigenvalue weighted by Crippen LogP contribution is -2.29. The molecule has 94 valence electrons. The molecule has 0 saturated heterocycles. The summed E-state index contributed by atoms with van der Waals surface area (Å²) in [6.07, 6.45) is 9.23. The van der Waals surface area contributed by atoms with Gasteiger partial charge in [-0.05, 0) is 37.0 Å². The molecule has 16 heavy (non-hydrogen) atoms. The second-order valence-corrected chi connectivity index (χ2v) is 6.61. The van der Waals surface area contributed by atoms with Crippen molar-refractivity contribution < 1.29 is 4.79 Å². The lowest BCUT2D eigenvalue weighted by Gasteiger charge is -2.36. The average molecular weight is 289 g/mol. The molecule has 0 N–H and O–H groups in total. The van der Waals surface area contributed by atoms with Crippen LogP contribution in [0.5, 0.6) is 0 Å². The standard InChI is InChI=1S/C14H25BrO/c1-14(2,9-4-3-5-10-15)12-7-6-8-13(16)11-12/h12H,3-11H2,1-2H3. The molecule has 1 rings (SSSR count). The van der Waals surface area contributed by atoms with Crippen molar-refractivity contribution >= 4 is 21.7 Å². The summed E-state index contributed by atoms with van der Waals surface area (Å²) in [6, 6.07) is 0. The van der Waals surface area contributed by atoms with Crippen LogP contribution in [0.2, 0.25) is 0 Å². The molecule has 0 spiro atoms. The number of halogens is 1. The van der Waals surface area contributed by atoms with Crippen LogP contribution in [0, 0.1) is 11.3 Å². The molecular formula is C14H25BrO. The molecule has 2 heteroatoms. The topological polar surface area (TPSA) is 17.1 Å². The molecule has 0 aromatic heterocycles. The zero-order valence-corrected chi connectivity index (χ0v) is 12.3. The third-order valence-corrected chi connectivity index (χ3v) is 4.60. The molecule has 1 aliphatic carbocycles. The lowest BCUT2D eigenvalue weighted by molar-refractivity contribution is -0.123. The Morgan fingerprint density at radius 2 is 2.06 bits per heavy atom. The number of alkyl halides is 1. The molecule has 0 aliphatic heterocycles. The van der Waals surface area contributed by atoms with E-state index in [4.69, 9.17) is 0 Å². The van der Waals surface area contributed by atoms with Crippen molar-refractivity contribution in [1.29, 1.82) is 0 Å².